The zero-order chi connectivity index (χ0) is 15.8. The highest BCUT2D eigenvalue weighted by Crippen LogP contribution is 2.13. The first-order valence-corrected chi connectivity index (χ1v) is 11.5. The molecule has 8 heteroatoms. The summed E-state index contributed by atoms with van der Waals surface area (Å²) in [6, 6.07) is 0. The first-order chi connectivity index (χ1) is 10.1. The van der Waals surface area contributed by atoms with Gasteiger partial charge in [0.15, 0.2) is 0 Å². The molecule has 0 aliphatic heterocycles. The molecular weight excluding hydrogens is 348 g/mol. The smallest absolute Gasteiger partial charge is 0.304 e. The maximum Gasteiger partial charge on any atom is 0.304 e. The molecule has 0 aromatic carbocycles. The number of carboxylic acids is 2. The number of hydrogen-bond acceptors (Lipinski definition) is 6. The fourth-order valence-electron chi connectivity index (χ4n) is 1.23. The van der Waals surface area contributed by atoms with Crippen molar-refractivity contribution >= 4 is 59.0 Å². The molecule has 0 bridgehead atoms. The Kier molecular flexibility index (Phi) is 17.0. The summed E-state index contributed by atoms with van der Waals surface area (Å²) < 4.78 is 0. The van der Waals surface area contributed by atoms with E-state index in [9.17, 15) is 9.59 Å². The van der Waals surface area contributed by atoms with Gasteiger partial charge in [0.2, 0.25) is 0 Å². The normalized spacial score (nSPS) is 10.7. The zero-order valence-corrected chi connectivity index (χ0v) is 15.4. The number of carbonyl (C=O) groups is 2. The molecule has 0 spiro atoms. The van der Waals surface area contributed by atoms with Gasteiger partial charge in [0.25, 0.3) is 0 Å². The van der Waals surface area contributed by atoms with Crippen molar-refractivity contribution in [3.8, 4) is 0 Å². The largest absolute Gasteiger partial charge is 0.481 e. The van der Waals surface area contributed by atoms with Gasteiger partial charge >= 0.3 is 11.9 Å². The molecule has 0 saturated carbocycles. The number of thioether (sulfide) groups is 4. The van der Waals surface area contributed by atoms with Crippen LogP contribution in [-0.2, 0) is 9.59 Å². The van der Waals surface area contributed by atoms with E-state index in [0.29, 0.717) is 11.5 Å². The summed E-state index contributed by atoms with van der Waals surface area (Å²) in [5, 5.41) is 17.0. The summed E-state index contributed by atoms with van der Waals surface area (Å²) in [6.45, 7) is 0. The Balaban J connectivity index is 2.99. The summed E-state index contributed by atoms with van der Waals surface area (Å²) in [5.74, 6) is 6.59. The highest BCUT2D eigenvalue weighted by atomic mass is 32.2. The van der Waals surface area contributed by atoms with Crippen molar-refractivity contribution in [1.82, 2.24) is 0 Å². The summed E-state index contributed by atoms with van der Waals surface area (Å²) in [7, 11) is 0. The predicted molar refractivity (Wildman–Crippen MR) is 98.4 cm³/mol. The molecule has 0 aliphatic rings. The van der Waals surface area contributed by atoms with Crippen molar-refractivity contribution in [2.45, 2.75) is 19.3 Å². The second-order valence-corrected chi connectivity index (χ2v) is 8.99. The molecule has 0 fully saturated rings. The molecule has 124 valence electrons. The molecule has 0 aromatic heterocycles. The highest BCUT2D eigenvalue weighted by Gasteiger charge is 1.98. The average Bonchev–Trinajstić information content (AvgIpc) is 2.42. The molecular formula is C13H24O4S4. The lowest BCUT2D eigenvalue weighted by Crippen LogP contribution is -1.98. The van der Waals surface area contributed by atoms with Crippen molar-refractivity contribution in [3.05, 3.63) is 0 Å². The lowest BCUT2D eigenvalue weighted by atomic mass is 10.5. The molecule has 0 heterocycles. The summed E-state index contributed by atoms with van der Waals surface area (Å²) >= 11 is 7.29. The Morgan fingerprint density at radius 3 is 1.24 bits per heavy atom. The molecule has 21 heavy (non-hydrogen) atoms. The lowest BCUT2D eigenvalue weighted by Gasteiger charge is -2.03. The van der Waals surface area contributed by atoms with Crippen molar-refractivity contribution in [2.75, 3.05) is 46.0 Å². The second-order valence-electron chi connectivity index (χ2n) is 4.09. The average molecular weight is 373 g/mol. The van der Waals surface area contributed by atoms with E-state index in [2.05, 4.69) is 0 Å². The fraction of sp³-hybridized carbons (Fsp3) is 0.846. The molecule has 2 N–H and O–H groups in total. The zero-order valence-electron chi connectivity index (χ0n) is 12.1. The van der Waals surface area contributed by atoms with Gasteiger partial charge in [-0.15, -0.1) is 0 Å². The summed E-state index contributed by atoms with van der Waals surface area (Å²) in [4.78, 5) is 20.6. The van der Waals surface area contributed by atoms with Gasteiger partial charge < -0.3 is 10.2 Å². The van der Waals surface area contributed by atoms with Crippen molar-refractivity contribution in [2.24, 2.45) is 0 Å². The van der Waals surface area contributed by atoms with Gasteiger partial charge in [0.1, 0.15) is 0 Å². The Morgan fingerprint density at radius 1 is 0.571 bits per heavy atom. The minimum Gasteiger partial charge on any atom is -0.481 e. The van der Waals surface area contributed by atoms with E-state index in [1.807, 2.05) is 23.5 Å². The predicted octanol–water partition coefficient (Wildman–Crippen LogP) is 3.26. The number of carboxylic acid groups (broad SMARTS) is 2. The van der Waals surface area contributed by atoms with E-state index in [1.165, 1.54) is 17.9 Å². The van der Waals surface area contributed by atoms with Gasteiger partial charge in [-0.2, -0.15) is 47.0 Å². The quantitative estimate of drug-likeness (QED) is 0.400. The topological polar surface area (TPSA) is 74.6 Å². The summed E-state index contributed by atoms with van der Waals surface area (Å²) in [6.07, 6.45) is 1.72. The lowest BCUT2D eigenvalue weighted by molar-refractivity contribution is -0.137. The Labute approximate surface area is 144 Å². The van der Waals surface area contributed by atoms with Crippen molar-refractivity contribution < 1.29 is 19.8 Å². The molecule has 0 atom stereocenters. The molecule has 0 saturated heterocycles. The fourth-order valence-corrected chi connectivity index (χ4v) is 5.45. The number of aliphatic carboxylic acids is 2. The van der Waals surface area contributed by atoms with E-state index >= 15 is 0 Å². The van der Waals surface area contributed by atoms with Gasteiger partial charge in [-0.1, -0.05) is 0 Å². The third kappa shape index (κ3) is 20.3. The molecule has 0 radical (unpaired) electrons. The van der Waals surface area contributed by atoms with Crippen LogP contribution in [0.1, 0.15) is 19.3 Å². The molecule has 0 aromatic rings. The Bertz CT molecular complexity index is 251. The first-order valence-electron chi connectivity index (χ1n) is 6.87. The Hall–Kier alpha value is 0.340. The summed E-state index contributed by atoms with van der Waals surface area (Å²) in [5.41, 5.74) is 0. The first kappa shape index (κ1) is 21.3. The van der Waals surface area contributed by atoms with Crippen LogP contribution < -0.4 is 0 Å². The van der Waals surface area contributed by atoms with Gasteiger partial charge in [0, 0.05) is 34.5 Å². The maximum atomic E-state index is 10.3. The van der Waals surface area contributed by atoms with Crippen LogP contribution in [0.3, 0.4) is 0 Å². The minimum absolute atomic E-state index is 0.260. The molecule has 0 amide bonds. The van der Waals surface area contributed by atoms with Crippen LogP contribution in [0.25, 0.3) is 0 Å². The van der Waals surface area contributed by atoms with Crippen molar-refractivity contribution in [1.29, 1.82) is 0 Å². The third-order valence-corrected chi connectivity index (χ3v) is 6.87. The van der Waals surface area contributed by atoms with E-state index in [4.69, 9.17) is 10.2 Å². The van der Waals surface area contributed by atoms with Gasteiger partial charge in [-0.3, -0.25) is 9.59 Å². The van der Waals surface area contributed by atoms with E-state index < -0.39 is 11.9 Å². The van der Waals surface area contributed by atoms with Crippen LogP contribution in [0.15, 0.2) is 0 Å². The van der Waals surface area contributed by atoms with Gasteiger partial charge in [0.05, 0.1) is 12.8 Å². The Morgan fingerprint density at radius 2 is 0.905 bits per heavy atom. The maximum absolute atomic E-state index is 10.3. The van der Waals surface area contributed by atoms with Gasteiger partial charge in [-0.25, -0.2) is 0 Å². The molecule has 4 nitrogen and oxygen atoms in total. The molecule has 0 rings (SSSR count). The minimum atomic E-state index is -0.715. The van der Waals surface area contributed by atoms with Crippen LogP contribution in [-0.4, -0.2) is 68.2 Å². The number of rotatable bonds is 16. The molecule has 0 unspecified atom stereocenters. The van der Waals surface area contributed by atoms with Crippen molar-refractivity contribution in [3.63, 3.8) is 0 Å². The standard InChI is InChI=1S/C13H24O4S4/c14-12(15)2-6-20-10-8-18-4-1-5-19-9-11-21-7-3-13(16)17/h1-11H2,(H,14,15)(H,16,17). The van der Waals surface area contributed by atoms with Crippen LogP contribution in [0.4, 0.5) is 0 Å². The van der Waals surface area contributed by atoms with Crippen LogP contribution in [0.5, 0.6) is 0 Å². The highest BCUT2D eigenvalue weighted by molar-refractivity contribution is 8.03. The van der Waals surface area contributed by atoms with Crippen LogP contribution in [0, 0.1) is 0 Å². The monoisotopic (exact) mass is 372 g/mol. The third-order valence-electron chi connectivity index (χ3n) is 2.24. The molecule has 0 aliphatic carbocycles. The van der Waals surface area contributed by atoms with Gasteiger partial charge in [-0.05, 0) is 17.9 Å². The van der Waals surface area contributed by atoms with E-state index in [0.717, 1.165) is 23.0 Å². The number of hydrogen-bond donors (Lipinski definition) is 2. The van der Waals surface area contributed by atoms with E-state index in [1.54, 1.807) is 23.5 Å². The van der Waals surface area contributed by atoms with Crippen LogP contribution >= 0.6 is 47.0 Å². The van der Waals surface area contributed by atoms with Crippen LogP contribution in [0.2, 0.25) is 0 Å². The SMILES string of the molecule is O=C(O)CCSCCSCCCSCCSCCC(=O)O. The second kappa shape index (κ2) is 16.7. The van der Waals surface area contributed by atoms with E-state index in [-0.39, 0.29) is 12.8 Å².